The van der Waals surface area contributed by atoms with Crippen molar-refractivity contribution in [2.45, 2.75) is 25.6 Å². The zero-order valence-electron chi connectivity index (χ0n) is 14.1. The Bertz CT molecular complexity index is 923. The van der Waals surface area contributed by atoms with Crippen LogP contribution in [0.2, 0.25) is 10.0 Å². The lowest BCUT2D eigenvalue weighted by atomic mass is 10.3. The number of hydrogen-bond donors (Lipinski definition) is 0. The van der Waals surface area contributed by atoms with Crippen molar-refractivity contribution in [1.29, 1.82) is 0 Å². The summed E-state index contributed by atoms with van der Waals surface area (Å²) in [5.41, 5.74) is 0. The second-order valence-electron chi connectivity index (χ2n) is 5.19. The molecule has 0 aliphatic carbocycles. The maximum atomic E-state index is 6.09. The van der Waals surface area contributed by atoms with Crippen molar-refractivity contribution in [1.82, 2.24) is 14.9 Å². The molecule has 6 nitrogen and oxygen atoms in total. The van der Waals surface area contributed by atoms with E-state index in [1.54, 1.807) is 40.9 Å². The molecule has 1 aromatic carbocycles. The number of furan rings is 1. The van der Waals surface area contributed by atoms with Crippen molar-refractivity contribution < 1.29 is 9.15 Å². The quantitative estimate of drug-likeness (QED) is 0.402. The van der Waals surface area contributed by atoms with E-state index in [9.17, 15) is 0 Å². The van der Waals surface area contributed by atoms with E-state index in [-0.39, 0.29) is 6.61 Å². The molecule has 9 heteroatoms. The number of aryl methyl sites for hydroxylation is 1. The molecule has 0 atom stereocenters. The molecule has 0 aliphatic rings. The highest BCUT2D eigenvalue weighted by molar-refractivity contribution is 7.99. The van der Waals surface area contributed by atoms with Gasteiger partial charge in [-0.05, 0) is 43.0 Å². The number of ether oxygens (including phenoxy) is 1. The van der Waals surface area contributed by atoms with Gasteiger partial charge in [-0.3, -0.25) is 0 Å². The predicted octanol–water partition coefficient (Wildman–Crippen LogP) is 5.06. The summed E-state index contributed by atoms with van der Waals surface area (Å²) in [7, 11) is 0. The highest BCUT2D eigenvalue weighted by Crippen LogP contribution is 2.28. The third-order valence-corrected chi connectivity index (χ3v) is 4.62. The van der Waals surface area contributed by atoms with Crippen molar-refractivity contribution in [3.05, 3.63) is 57.7 Å². The minimum atomic E-state index is 0.248. The first-order chi connectivity index (χ1) is 12.6. The van der Waals surface area contributed by atoms with Gasteiger partial charge in [0.1, 0.15) is 23.9 Å². The van der Waals surface area contributed by atoms with Crippen molar-refractivity contribution in [3.8, 4) is 5.75 Å². The molecule has 0 fully saturated rings. The van der Waals surface area contributed by atoms with E-state index in [1.165, 1.54) is 0 Å². The summed E-state index contributed by atoms with van der Waals surface area (Å²) in [5.74, 6) is 3.41. The van der Waals surface area contributed by atoms with Crippen LogP contribution in [0.4, 0.5) is 0 Å². The van der Waals surface area contributed by atoms with Crippen molar-refractivity contribution >= 4 is 41.2 Å². The molecule has 26 heavy (non-hydrogen) atoms. The molecule has 0 bridgehead atoms. The third-order valence-electron chi connectivity index (χ3n) is 3.29. The van der Waals surface area contributed by atoms with Gasteiger partial charge in [0.25, 0.3) is 0 Å². The molecule has 2 aromatic heterocycles. The van der Waals surface area contributed by atoms with E-state index in [1.807, 2.05) is 19.1 Å². The lowest BCUT2D eigenvalue weighted by Crippen LogP contribution is -1.96. The van der Waals surface area contributed by atoms with E-state index in [4.69, 9.17) is 32.4 Å². The zero-order valence-corrected chi connectivity index (χ0v) is 16.5. The molecule has 0 saturated heterocycles. The van der Waals surface area contributed by atoms with Crippen LogP contribution in [0.25, 0.3) is 0 Å². The molecule has 136 valence electrons. The Morgan fingerprint density at radius 1 is 1.27 bits per heavy atom. The molecule has 0 unspecified atom stereocenters. The van der Waals surface area contributed by atoms with Gasteiger partial charge in [0.2, 0.25) is 5.16 Å². The highest BCUT2D eigenvalue weighted by atomic mass is 35.5. The molecular weight excluding hydrogens is 395 g/mol. The summed E-state index contributed by atoms with van der Waals surface area (Å²) >= 11 is 13.5. The Morgan fingerprint density at radius 3 is 2.88 bits per heavy atom. The first kappa shape index (κ1) is 18.8. The summed E-state index contributed by atoms with van der Waals surface area (Å²) in [4.78, 5) is 0. The first-order valence-electron chi connectivity index (χ1n) is 7.82. The van der Waals surface area contributed by atoms with Gasteiger partial charge in [-0.25, -0.2) is 0 Å². The monoisotopic (exact) mass is 410 g/mol. The van der Waals surface area contributed by atoms with Crippen molar-refractivity contribution in [3.63, 3.8) is 0 Å². The first-order valence-corrected chi connectivity index (χ1v) is 9.56. The van der Waals surface area contributed by atoms with E-state index >= 15 is 0 Å². The summed E-state index contributed by atoms with van der Waals surface area (Å²) in [5, 5.41) is 14.3. The number of rotatable bonds is 7. The number of hydrogen-bond acceptors (Lipinski definition) is 6. The lowest BCUT2D eigenvalue weighted by molar-refractivity contribution is 0.270. The Kier molecular flexibility index (Phi) is 6.24. The molecule has 0 amide bonds. The third kappa shape index (κ3) is 4.60. The van der Waals surface area contributed by atoms with Gasteiger partial charge in [0.15, 0.2) is 5.82 Å². The fourth-order valence-electron chi connectivity index (χ4n) is 2.09. The van der Waals surface area contributed by atoms with Crippen LogP contribution in [0.15, 0.2) is 45.0 Å². The molecule has 0 aliphatic heterocycles. The van der Waals surface area contributed by atoms with Gasteiger partial charge in [-0.2, -0.15) is 9.78 Å². The largest absolute Gasteiger partial charge is 0.484 e. The molecule has 0 N–H and O–H groups in total. The Hall–Kier alpha value is -1.96. The number of halogens is 2. The number of thioether (sulfide) groups is 1. The van der Waals surface area contributed by atoms with Crippen LogP contribution in [0, 0.1) is 6.92 Å². The van der Waals surface area contributed by atoms with E-state index in [0.29, 0.717) is 33.1 Å². The standard InChI is InChI=1S/C17H16Cl2N4O2S/c1-3-26-17-22-21-11(2)23(17)20-9-13-5-6-14(25-13)10-24-16-7-4-12(18)8-15(16)19/h4-9H,3,10H2,1-2H3. The molecule has 3 rings (SSSR count). The normalized spacial score (nSPS) is 11.4. The molecule has 3 aromatic rings. The number of benzene rings is 1. The van der Waals surface area contributed by atoms with E-state index < -0.39 is 0 Å². The van der Waals surface area contributed by atoms with Crippen LogP contribution in [-0.2, 0) is 6.61 Å². The second kappa shape index (κ2) is 8.62. The predicted molar refractivity (Wildman–Crippen MR) is 104 cm³/mol. The van der Waals surface area contributed by atoms with Crippen LogP contribution < -0.4 is 4.74 Å². The second-order valence-corrected chi connectivity index (χ2v) is 7.26. The average Bonchev–Trinajstić information content (AvgIpc) is 3.20. The number of aromatic nitrogens is 3. The lowest BCUT2D eigenvalue weighted by Gasteiger charge is -2.06. The van der Waals surface area contributed by atoms with Crippen LogP contribution in [-0.4, -0.2) is 26.8 Å². The SMILES string of the molecule is CCSc1nnc(C)n1N=Cc1ccc(COc2ccc(Cl)cc2Cl)o1. The van der Waals surface area contributed by atoms with Crippen LogP contribution in [0.3, 0.4) is 0 Å². The van der Waals surface area contributed by atoms with Gasteiger partial charge in [-0.15, -0.1) is 10.2 Å². The fourth-order valence-corrected chi connectivity index (χ4v) is 3.21. The van der Waals surface area contributed by atoms with Gasteiger partial charge < -0.3 is 9.15 Å². The van der Waals surface area contributed by atoms with E-state index in [2.05, 4.69) is 22.2 Å². The fraction of sp³-hybridized carbons (Fsp3) is 0.235. The van der Waals surface area contributed by atoms with Gasteiger partial charge in [0.05, 0.1) is 11.2 Å². The summed E-state index contributed by atoms with van der Waals surface area (Å²) in [6.45, 7) is 4.15. The van der Waals surface area contributed by atoms with Gasteiger partial charge >= 0.3 is 0 Å². The Labute approximate surface area is 165 Å². The highest BCUT2D eigenvalue weighted by Gasteiger charge is 2.08. The smallest absolute Gasteiger partial charge is 0.212 e. The molecule has 2 heterocycles. The number of nitrogens with zero attached hydrogens (tertiary/aromatic N) is 4. The molecular formula is C17H16Cl2N4O2S. The molecule has 0 radical (unpaired) electrons. The van der Waals surface area contributed by atoms with Gasteiger partial charge in [0, 0.05) is 5.02 Å². The zero-order chi connectivity index (χ0) is 18.5. The van der Waals surface area contributed by atoms with Crippen molar-refractivity contribution in [2.75, 3.05) is 5.75 Å². The average molecular weight is 411 g/mol. The molecule has 0 spiro atoms. The minimum Gasteiger partial charge on any atom is -0.484 e. The topological polar surface area (TPSA) is 65.4 Å². The summed E-state index contributed by atoms with van der Waals surface area (Å²) in [6.07, 6.45) is 1.62. The summed E-state index contributed by atoms with van der Waals surface area (Å²) < 4.78 is 13.0. The van der Waals surface area contributed by atoms with E-state index in [0.717, 1.165) is 10.9 Å². The Balaban J connectivity index is 1.65. The summed E-state index contributed by atoms with van der Waals surface area (Å²) in [6, 6.07) is 8.71. The Morgan fingerprint density at radius 2 is 2.12 bits per heavy atom. The van der Waals surface area contributed by atoms with Crippen LogP contribution in [0.5, 0.6) is 5.75 Å². The van der Waals surface area contributed by atoms with Crippen molar-refractivity contribution in [2.24, 2.45) is 5.10 Å². The molecule has 0 saturated carbocycles. The van der Waals surface area contributed by atoms with Crippen LogP contribution >= 0.6 is 35.0 Å². The minimum absolute atomic E-state index is 0.248. The maximum absolute atomic E-state index is 6.09. The van der Waals surface area contributed by atoms with Crippen LogP contribution in [0.1, 0.15) is 24.3 Å². The van der Waals surface area contributed by atoms with Gasteiger partial charge in [-0.1, -0.05) is 41.9 Å². The maximum Gasteiger partial charge on any atom is 0.212 e.